The SMILES string of the molecule is C=CCOC(Cn1cc[n+](CC(=O)c2ccc(Cl)s2)c1)c1ccccc1C. The van der Waals surface area contributed by atoms with Crippen LogP contribution in [-0.2, 0) is 17.8 Å². The highest BCUT2D eigenvalue weighted by Gasteiger charge is 2.19. The van der Waals surface area contributed by atoms with Gasteiger partial charge in [0.25, 0.3) is 0 Å². The van der Waals surface area contributed by atoms with Gasteiger partial charge in [-0.1, -0.05) is 41.9 Å². The molecule has 2 aromatic heterocycles. The molecular formula is C21H22ClN2O2S+. The second kappa shape index (κ2) is 9.13. The van der Waals surface area contributed by atoms with Gasteiger partial charge in [-0.05, 0) is 30.2 Å². The van der Waals surface area contributed by atoms with Gasteiger partial charge in [-0.15, -0.1) is 17.9 Å². The summed E-state index contributed by atoms with van der Waals surface area (Å²) in [6, 6.07) is 11.7. The van der Waals surface area contributed by atoms with Gasteiger partial charge >= 0.3 is 0 Å². The predicted octanol–water partition coefficient (Wildman–Crippen LogP) is 4.63. The first-order chi connectivity index (χ1) is 13.1. The second-order valence-corrected chi connectivity index (χ2v) is 7.99. The molecule has 0 saturated heterocycles. The minimum absolute atomic E-state index is 0.0491. The number of nitrogens with zero attached hydrogens (tertiary/aromatic N) is 2. The number of hydrogen-bond acceptors (Lipinski definition) is 3. The molecule has 0 aliphatic heterocycles. The molecule has 4 nitrogen and oxygen atoms in total. The van der Waals surface area contributed by atoms with Gasteiger partial charge in [0.1, 0.15) is 25.0 Å². The maximum absolute atomic E-state index is 12.4. The third kappa shape index (κ3) is 5.16. The molecule has 3 aromatic rings. The fraction of sp³-hybridized carbons (Fsp3) is 0.238. The standard InChI is InChI=1S/C21H22ClN2O2S/c1-3-12-26-19(17-7-5-4-6-16(17)2)14-24-11-10-23(15-24)13-18(25)20-8-9-21(22)27-20/h3-11,15,19H,1,12-14H2,2H3/q+1. The monoisotopic (exact) mass is 401 g/mol. The molecule has 0 aliphatic rings. The number of ketones is 1. The van der Waals surface area contributed by atoms with Crippen molar-refractivity contribution in [2.75, 3.05) is 6.61 Å². The lowest BCUT2D eigenvalue weighted by molar-refractivity contribution is -0.682. The molecule has 0 bridgehead atoms. The van der Waals surface area contributed by atoms with Crippen molar-refractivity contribution in [2.24, 2.45) is 0 Å². The number of benzene rings is 1. The van der Waals surface area contributed by atoms with E-state index in [1.165, 1.54) is 16.9 Å². The first kappa shape index (κ1) is 19.5. The molecule has 3 rings (SSSR count). The molecule has 0 N–H and O–H groups in total. The average molecular weight is 402 g/mol. The van der Waals surface area contributed by atoms with Crippen molar-refractivity contribution in [2.45, 2.75) is 26.1 Å². The van der Waals surface area contributed by atoms with Crippen molar-refractivity contribution in [1.82, 2.24) is 4.57 Å². The first-order valence-corrected chi connectivity index (χ1v) is 9.87. The quantitative estimate of drug-likeness (QED) is 0.298. The summed E-state index contributed by atoms with van der Waals surface area (Å²) in [6.45, 7) is 7.25. The molecule has 0 saturated carbocycles. The normalized spacial score (nSPS) is 12.1. The smallest absolute Gasteiger partial charge is 0.244 e. The van der Waals surface area contributed by atoms with Crippen LogP contribution in [0, 0.1) is 6.92 Å². The van der Waals surface area contributed by atoms with Crippen LogP contribution in [0.15, 0.2) is 67.8 Å². The predicted molar refractivity (Wildman–Crippen MR) is 108 cm³/mol. The van der Waals surface area contributed by atoms with Gasteiger partial charge in [0, 0.05) is 0 Å². The zero-order valence-electron chi connectivity index (χ0n) is 15.2. The number of halogens is 1. The number of rotatable bonds is 9. The Bertz CT molecular complexity index is 932. The largest absolute Gasteiger partial charge is 0.365 e. The van der Waals surface area contributed by atoms with Gasteiger partial charge in [-0.2, -0.15) is 0 Å². The van der Waals surface area contributed by atoms with Crippen LogP contribution in [0.3, 0.4) is 0 Å². The van der Waals surface area contributed by atoms with Crippen molar-refractivity contribution in [3.63, 3.8) is 0 Å². The van der Waals surface area contributed by atoms with E-state index in [4.69, 9.17) is 16.3 Å². The number of ether oxygens (including phenoxy) is 1. The Hall–Kier alpha value is -2.21. The van der Waals surface area contributed by atoms with Crippen LogP contribution in [0.4, 0.5) is 0 Å². The summed E-state index contributed by atoms with van der Waals surface area (Å²) in [5, 5.41) is 0. The van der Waals surface area contributed by atoms with E-state index >= 15 is 0 Å². The maximum Gasteiger partial charge on any atom is 0.244 e. The van der Waals surface area contributed by atoms with E-state index in [-0.39, 0.29) is 18.4 Å². The van der Waals surface area contributed by atoms with Gasteiger partial charge in [0.2, 0.25) is 12.1 Å². The molecule has 140 valence electrons. The molecule has 1 unspecified atom stereocenters. The second-order valence-electron chi connectivity index (χ2n) is 6.28. The lowest BCUT2D eigenvalue weighted by atomic mass is 10.0. The van der Waals surface area contributed by atoms with Gasteiger partial charge in [-0.25, -0.2) is 9.13 Å². The van der Waals surface area contributed by atoms with Crippen LogP contribution in [0.2, 0.25) is 4.34 Å². The van der Waals surface area contributed by atoms with Crippen molar-refractivity contribution >= 4 is 28.7 Å². The Morgan fingerprint density at radius 3 is 2.89 bits per heavy atom. The highest BCUT2D eigenvalue weighted by Crippen LogP contribution is 2.23. The fourth-order valence-corrected chi connectivity index (χ4v) is 3.89. The Morgan fingerprint density at radius 2 is 2.19 bits per heavy atom. The van der Waals surface area contributed by atoms with Crippen molar-refractivity contribution in [3.8, 4) is 0 Å². The number of Topliss-reactive ketones (excluding diaryl/α,β-unsaturated/α-hetero) is 1. The zero-order valence-corrected chi connectivity index (χ0v) is 16.7. The molecule has 1 atom stereocenters. The fourth-order valence-electron chi connectivity index (χ4n) is 2.91. The number of aromatic nitrogens is 2. The summed E-state index contributed by atoms with van der Waals surface area (Å²) in [6.07, 6.45) is 7.45. The van der Waals surface area contributed by atoms with E-state index in [9.17, 15) is 4.79 Å². The number of aryl methyl sites for hydroxylation is 1. The Morgan fingerprint density at radius 1 is 1.37 bits per heavy atom. The number of thiophene rings is 1. The minimum Gasteiger partial charge on any atom is -0.365 e. The molecule has 0 spiro atoms. The highest BCUT2D eigenvalue weighted by molar-refractivity contribution is 7.18. The molecule has 27 heavy (non-hydrogen) atoms. The van der Waals surface area contributed by atoms with Crippen molar-refractivity contribution in [1.29, 1.82) is 0 Å². The Balaban J connectivity index is 1.71. The van der Waals surface area contributed by atoms with Crippen LogP contribution in [0.25, 0.3) is 0 Å². The molecule has 1 aromatic carbocycles. The van der Waals surface area contributed by atoms with E-state index in [0.29, 0.717) is 22.4 Å². The van der Waals surface area contributed by atoms with Crippen LogP contribution in [-0.4, -0.2) is 17.0 Å². The average Bonchev–Trinajstić information content (AvgIpc) is 3.28. The maximum atomic E-state index is 12.4. The van der Waals surface area contributed by atoms with Crippen molar-refractivity contribution < 1.29 is 14.1 Å². The molecular weight excluding hydrogens is 380 g/mol. The molecule has 0 radical (unpaired) electrons. The molecule has 2 heterocycles. The Labute approximate surface area is 168 Å². The van der Waals surface area contributed by atoms with Crippen LogP contribution in [0.1, 0.15) is 26.9 Å². The molecule has 0 aliphatic carbocycles. The van der Waals surface area contributed by atoms with E-state index in [2.05, 4.69) is 25.6 Å². The summed E-state index contributed by atoms with van der Waals surface area (Å²) >= 11 is 7.22. The van der Waals surface area contributed by atoms with Crippen LogP contribution in [0.5, 0.6) is 0 Å². The van der Waals surface area contributed by atoms with E-state index in [1.54, 1.807) is 18.2 Å². The number of hydrogen-bond donors (Lipinski definition) is 0. The first-order valence-electron chi connectivity index (χ1n) is 8.68. The summed E-state index contributed by atoms with van der Waals surface area (Å²) in [7, 11) is 0. The lowest BCUT2D eigenvalue weighted by Crippen LogP contribution is -2.35. The number of carbonyl (C=O) groups excluding carboxylic acids is 1. The van der Waals surface area contributed by atoms with Gasteiger partial charge in [0.05, 0.1) is 15.8 Å². The van der Waals surface area contributed by atoms with Gasteiger partial charge in [-0.3, -0.25) is 4.79 Å². The topological polar surface area (TPSA) is 35.1 Å². The van der Waals surface area contributed by atoms with E-state index < -0.39 is 0 Å². The third-order valence-corrected chi connectivity index (χ3v) is 5.52. The number of imidazole rings is 1. The summed E-state index contributed by atoms with van der Waals surface area (Å²) < 4.78 is 10.5. The molecule has 0 fully saturated rings. The Kier molecular flexibility index (Phi) is 6.61. The third-order valence-electron chi connectivity index (χ3n) is 4.25. The summed E-state index contributed by atoms with van der Waals surface area (Å²) in [4.78, 5) is 13.0. The minimum atomic E-state index is -0.0862. The van der Waals surface area contributed by atoms with Crippen molar-refractivity contribution in [3.05, 3.63) is 88.1 Å². The molecule has 0 amide bonds. The van der Waals surface area contributed by atoms with E-state index in [1.807, 2.05) is 40.0 Å². The van der Waals surface area contributed by atoms with Crippen LogP contribution < -0.4 is 4.57 Å². The molecule has 6 heteroatoms. The van der Waals surface area contributed by atoms with Gasteiger partial charge in [0.15, 0.2) is 6.54 Å². The highest BCUT2D eigenvalue weighted by atomic mass is 35.5. The summed E-state index contributed by atoms with van der Waals surface area (Å²) in [5.41, 5.74) is 2.35. The van der Waals surface area contributed by atoms with Crippen LogP contribution >= 0.6 is 22.9 Å². The summed E-state index contributed by atoms with van der Waals surface area (Å²) in [5.74, 6) is 0.0491. The lowest BCUT2D eigenvalue weighted by Gasteiger charge is -2.17. The van der Waals surface area contributed by atoms with Gasteiger partial charge < -0.3 is 4.74 Å². The van der Waals surface area contributed by atoms with E-state index in [0.717, 1.165) is 5.56 Å². The zero-order chi connectivity index (χ0) is 19.2. The number of carbonyl (C=O) groups is 1.